The summed E-state index contributed by atoms with van der Waals surface area (Å²) in [6.45, 7) is 0. The van der Waals surface area contributed by atoms with E-state index in [2.05, 4.69) is 5.32 Å². The van der Waals surface area contributed by atoms with Crippen LogP contribution in [0.1, 0.15) is 36.0 Å². The van der Waals surface area contributed by atoms with E-state index in [-0.39, 0.29) is 24.4 Å². The molecule has 0 aliphatic heterocycles. The summed E-state index contributed by atoms with van der Waals surface area (Å²) in [5.74, 6) is 0.0307. The number of nitrogens with two attached hydrogens (primary N) is 1. The lowest BCUT2D eigenvalue weighted by Crippen LogP contribution is -2.40. The third-order valence-electron chi connectivity index (χ3n) is 3.46. The third-order valence-corrected chi connectivity index (χ3v) is 4.20. The molecular formula is C14H21ClN2OS. The summed E-state index contributed by atoms with van der Waals surface area (Å²) in [6, 6.07) is 8.34. The number of benzene rings is 1. The average molecular weight is 301 g/mol. The molecule has 0 radical (unpaired) electrons. The molecule has 106 valence electrons. The Morgan fingerprint density at radius 1 is 1.21 bits per heavy atom. The van der Waals surface area contributed by atoms with Crippen molar-refractivity contribution in [1.29, 1.82) is 0 Å². The van der Waals surface area contributed by atoms with E-state index in [0.717, 1.165) is 31.2 Å². The first kappa shape index (κ1) is 16.3. The molecule has 1 aromatic rings. The lowest BCUT2D eigenvalue weighted by atomic mass is 9.91. The van der Waals surface area contributed by atoms with Crippen LogP contribution >= 0.6 is 24.2 Å². The van der Waals surface area contributed by atoms with Gasteiger partial charge in [-0.2, -0.15) is 0 Å². The van der Waals surface area contributed by atoms with Gasteiger partial charge in [-0.15, -0.1) is 24.2 Å². The molecule has 0 heterocycles. The van der Waals surface area contributed by atoms with Gasteiger partial charge in [0.05, 0.1) is 0 Å². The summed E-state index contributed by atoms with van der Waals surface area (Å²) in [7, 11) is 0. The molecule has 0 aromatic heterocycles. The van der Waals surface area contributed by atoms with Crippen molar-refractivity contribution in [3.8, 4) is 0 Å². The zero-order valence-electron chi connectivity index (χ0n) is 11.1. The lowest BCUT2D eigenvalue weighted by Gasteiger charge is -2.26. The van der Waals surface area contributed by atoms with Crippen LogP contribution in [0.4, 0.5) is 0 Å². The summed E-state index contributed by atoms with van der Waals surface area (Å²) in [5, 5.41) is 3.09. The summed E-state index contributed by atoms with van der Waals surface area (Å²) in [6.07, 6.45) is 6.04. The number of carbonyl (C=O) groups excluding carboxylic acids is 1. The van der Waals surface area contributed by atoms with Gasteiger partial charge in [-0.25, -0.2) is 0 Å². The maximum Gasteiger partial charge on any atom is 0.251 e. The fourth-order valence-corrected chi connectivity index (χ4v) is 2.68. The lowest BCUT2D eigenvalue weighted by molar-refractivity contribution is 0.0926. The zero-order valence-corrected chi connectivity index (χ0v) is 12.7. The molecule has 2 rings (SSSR count). The van der Waals surface area contributed by atoms with Crippen molar-refractivity contribution >= 4 is 30.1 Å². The molecule has 1 aliphatic rings. The molecule has 0 bridgehead atoms. The Balaban J connectivity index is 0.00000180. The Hall–Kier alpha value is -0.710. The molecule has 19 heavy (non-hydrogen) atoms. The minimum atomic E-state index is 0. The highest BCUT2D eigenvalue weighted by molar-refractivity contribution is 7.98. The standard InChI is InChI=1S/C14H20N2OS.ClH/c1-18-13-8-2-10(3-9-13)14(17)16-12-6-4-11(15)5-7-12;/h2-3,8-9,11-12H,4-7,15H2,1H3,(H,16,17);1H. The highest BCUT2D eigenvalue weighted by atomic mass is 35.5. The fraction of sp³-hybridized carbons (Fsp3) is 0.500. The molecule has 3 nitrogen and oxygen atoms in total. The van der Waals surface area contributed by atoms with Gasteiger partial charge in [-0.3, -0.25) is 4.79 Å². The van der Waals surface area contributed by atoms with Gasteiger partial charge in [-0.05, 0) is 56.2 Å². The quantitative estimate of drug-likeness (QED) is 0.844. The van der Waals surface area contributed by atoms with Gasteiger partial charge in [0.25, 0.3) is 5.91 Å². The van der Waals surface area contributed by atoms with Gasteiger partial charge in [0.1, 0.15) is 0 Å². The maximum atomic E-state index is 12.0. The van der Waals surface area contributed by atoms with Gasteiger partial charge in [0, 0.05) is 22.5 Å². The van der Waals surface area contributed by atoms with Crippen molar-refractivity contribution < 1.29 is 4.79 Å². The minimum Gasteiger partial charge on any atom is -0.349 e. The Morgan fingerprint density at radius 3 is 2.32 bits per heavy atom. The van der Waals surface area contributed by atoms with Crippen LogP contribution in [0.25, 0.3) is 0 Å². The number of halogens is 1. The van der Waals surface area contributed by atoms with Crippen LogP contribution in [0.3, 0.4) is 0 Å². The number of carbonyl (C=O) groups is 1. The molecule has 0 saturated heterocycles. The number of hydrogen-bond donors (Lipinski definition) is 2. The molecule has 0 unspecified atom stereocenters. The first-order valence-corrected chi connectivity index (χ1v) is 7.62. The normalized spacial score (nSPS) is 22.4. The number of amides is 1. The van der Waals surface area contributed by atoms with E-state index in [1.54, 1.807) is 11.8 Å². The maximum absolute atomic E-state index is 12.0. The Morgan fingerprint density at radius 2 is 1.79 bits per heavy atom. The molecule has 1 aromatic carbocycles. The molecule has 1 aliphatic carbocycles. The molecular weight excluding hydrogens is 280 g/mol. The van der Waals surface area contributed by atoms with E-state index in [0.29, 0.717) is 6.04 Å². The van der Waals surface area contributed by atoms with E-state index in [1.807, 2.05) is 30.5 Å². The van der Waals surface area contributed by atoms with Crippen LogP contribution in [0.15, 0.2) is 29.2 Å². The number of nitrogens with one attached hydrogen (secondary N) is 1. The van der Waals surface area contributed by atoms with E-state index in [4.69, 9.17) is 5.73 Å². The van der Waals surface area contributed by atoms with Crippen molar-refractivity contribution in [2.45, 2.75) is 42.7 Å². The Kier molecular flexibility index (Phi) is 6.69. The number of hydrogen-bond acceptors (Lipinski definition) is 3. The van der Waals surface area contributed by atoms with Crippen LogP contribution in [0, 0.1) is 0 Å². The molecule has 5 heteroatoms. The third kappa shape index (κ3) is 4.71. The van der Waals surface area contributed by atoms with Crippen LogP contribution in [0.5, 0.6) is 0 Å². The Bertz CT molecular complexity index is 402. The molecule has 3 N–H and O–H groups in total. The van der Waals surface area contributed by atoms with Crippen molar-refractivity contribution in [2.75, 3.05) is 6.26 Å². The zero-order chi connectivity index (χ0) is 13.0. The second-order valence-electron chi connectivity index (χ2n) is 4.81. The van der Waals surface area contributed by atoms with Crippen molar-refractivity contribution in [3.05, 3.63) is 29.8 Å². The fourth-order valence-electron chi connectivity index (χ4n) is 2.27. The number of rotatable bonds is 3. The summed E-state index contributed by atoms with van der Waals surface area (Å²) < 4.78 is 0. The summed E-state index contributed by atoms with van der Waals surface area (Å²) in [5.41, 5.74) is 6.59. The minimum absolute atomic E-state index is 0. The largest absolute Gasteiger partial charge is 0.349 e. The van der Waals surface area contributed by atoms with Crippen molar-refractivity contribution in [2.24, 2.45) is 5.73 Å². The van der Waals surface area contributed by atoms with E-state index in [1.165, 1.54) is 4.90 Å². The van der Waals surface area contributed by atoms with Gasteiger partial charge >= 0.3 is 0 Å². The van der Waals surface area contributed by atoms with E-state index in [9.17, 15) is 4.79 Å². The predicted molar refractivity (Wildman–Crippen MR) is 83.2 cm³/mol. The second-order valence-corrected chi connectivity index (χ2v) is 5.69. The van der Waals surface area contributed by atoms with Crippen LogP contribution in [0.2, 0.25) is 0 Å². The van der Waals surface area contributed by atoms with Gasteiger partial charge in [-0.1, -0.05) is 0 Å². The first-order valence-electron chi connectivity index (χ1n) is 6.39. The molecule has 1 fully saturated rings. The average Bonchev–Trinajstić information content (AvgIpc) is 2.41. The smallest absolute Gasteiger partial charge is 0.251 e. The topological polar surface area (TPSA) is 55.1 Å². The van der Waals surface area contributed by atoms with Gasteiger partial charge in [0.2, 0.25) is 0 Å². The molecule has 0 spiro atoms. The van der Waals surface area contributed by atoms with Crippen LogP contribution < -0.4 is 11.1 Å². The Labute approximate surface area is 125 Å². The van der Waals surface area contributed by atoms with E-state index >= 15 is 0 Å². The van der Waals surface area contributed by atoms with Crippen LogP contribution in [-0.4, -0.2) is 24.2 Å². The SMILES string of the molecule is CSc1ccc(C(=O)NC2CCC(N)CC2)cc1.Cl. The second kappa shape index (κ2) is 7.78. The van der Waals surface area contributed by atoms with Crippen molar-refractivity contribution in [3.63, 3.8) is 0 Å². The molecule has 1 saturated carbocycles. The monoisotopic (exact) mass is 300 g/mol. The van der Waals surface area contributed by atoms with Crippen LogP contribution in [-0.2, 0) is 0 Å². The summed E-state index contributed by atoms with van der Waals surface area (Å²) in [4.78, 5) is 13.2. The molecule has 0 atom stereocenters. The van der Waals surface area contributed by atoms with E-state index < -0.39 is 0 Å². The van der Waals surface area contributed by atoms with Gasteiger partial charge in [0.15, 0.2) is 0 Å². The highest BCUT2D eigenvalue weighted by Crippen LogP contribution is 2.18. The summed E-state index contributed by atoms with van der Waals surface area (Å²) >= 11 is 1.68. The van der Waals surface area contributed by atoms with Crippen molar-refractivity contribution in [1.82, 2.24) is 5.32 Å². The first-order chi connectivity index (χ1) is 8.69. The highest BCUT2D eigenvalue weighted by Gasteiger charge is 2.20. The van der Waals surface area contributed by atoms with Gasteiger partial charge < -0.3 is 11.1 Å². The predicted octanol–water partition coefficient (Wildman–Crippen LogP) is 2.83. The number of thioether (sulfide) groups is 1. The molecule has 1 amide bonds.